The smallest absolute Gasteiger partial charge is 0.227 e. The van der Waals surface area contributed by atoms with Crippen molar-refractivity contribution >= 4 is 5.91 Å². The monoisotopic (exact) mass is 304 g/mol. The molecule has 1 N–H and O–H groups in total. The molecular formula is C18H28N2O2. The first-order valence-corrected chi connectivity index (χ1v) is 8.33. The maximum absolute atomic E-state index is 12.8. The number of nitrogens with one attached hydrogen (secondary N) is 1. The molecule has 1 amide bonds. The zero-order chi connectivity index (χ0) is 15.6. The van der Waals surface area contributed by atoms with Crippen LogP contribution in [0.1, 0.15) is 31.2 Å². The van der Waals surface area contributed by atoms with Crippen LogP contribution in [0.15, 0.2) is 30.3 Å². The van der Waals surface area contributed by atoms with Crippen LogP contribution in [0.4, 0.5) is 0 Å². The second-order valence-corrected chi connectivity index (χ2v) is 5.99. The third kappa shape index (κ3) is 5.43. The maximum Gasteiger partial charge on any atom is 0.227 e. The number of carbonyl (C=O) groups is 1. The molecule has 4 heteroatoms. The number of ether oxygens (including phenoxy) is 1. The van der Waals surface area contributed by atoms with Gasteiger partial charge in [-0.25, -0.2) is 0 Å². The van der Waals surface area contributed by atoms with E-state index in [0.717, 1.165) is 51.9 Å². The van der Waals surface area contributed by atoms with Crippen molar-refractivity contribution in [1.82, 2.24) is 10.2 Å². The molecule has 0 aliphatic carbocycles. The molecule has 122 valence electrons. The summed E-state index contributed by atoms with van der Waals surface area (Å²) in [6, 6.07) is 10.3. The highest BCUT2D eigenvalue weighted by molar-refractivity contribution is 5.79. The van der Waals surface area contributed by atoms with Gasteiger partial charge in [0.1, 0.15) is 0 Å². The maximum atomic E-state index is 12.8. The minimum Gasteiger partial charge on any atom is -0.385 e. The van der Waals surface area contributed by atoms with Gasteiger partial charge < -0.3 is 15.0 Å². The predicted molar refractivity (Wildman–Crippen MR) is 88.6 cm³/mol. The van der Waals surface area contributed by atoms with E-state index in [2.05, 4.69) is 17.4 Å². The lowest BCUT2D eigenvalue weighted by molar-refractivity contribution is -0.136. The first-order chi connectivity index (χ1) is 10.8. The first-order valence-electron chi connectivity index (χ1n) is 8.33. The minimum absolute atomic E-state index is 0.139. The van der Waals surface area contributed by atoms with Crippen LogP contribution in [0.3, 0.4) is 0 Å². The molecule has 22 heavy (non-hydrogen) atoms. The van der Waals surface area contributed by atoms with Gasteiger partial charge in [-0.05, 0) is 37.8 Å². The van der Waals surface area contributed by atoms with Crippen LogP contribution in [0.2, 0.25) is 0 Å². The summed E-state index contributed by atoms with van der Waals surface area (Å²) in [4.78, 5) is 14.9. The first kappa shape index (κ1) is 17.0. The number of rotatable bonds is 8. The standard InChI is InChI=1S/C18H28N2O2/c1-22-13-6-5-12-20(15-16-8-3-2-4-9-16)18(21)17-10-7-11-19-14-17/h2-4,8-9,17,19H,5-7,10-15H2,1H3. The van der Waals surface area contributed by atoms with E-state index < -0.39 is 0 Å². The van der Waals surface area contributed by atoms with Crippen LogP contribution < -0.4 is 5.32 Å². The molecule has 1 aromatic carbocycles. The molecule has 0 radical (unpaired) electrons. The third-order valence-electron chi connectivity index (χ3n) is 4.20. The Morgan fingerprint density at radius 3 is 2.82 bits per heavy atom. The highest BCUT2D eigenvalue weighted by atomic mass is 16.5. The lowest BCUT2D eigenvalue weighted by Gasteiger charge is -2.30. The Hall–Kier alpha value is -1.39. The molecular weight excluding hydrogens is 276 g/mol. The summed E-state index contributed by atoms with van der Waals surface area (Å²) in [5.41, 5.74) is 1.20. The van der Waals surface area contributed by atoms with E-state index >= 15 is 0 Å². The van der Waals surface area contributed by atoms with Crippen molar-refractivity contribution in [3.63, 3.8) is 0 Å². The average Bonchev–Trinajstić information content (AvgIpc) is 2.59. The van der Waals surface area contributed by atoms with Crippen LogP contribution in [-0.4, -0.2) is 44.2 Å². The summed E-state index contributed by atoms with van der Waals surface area (Å²) in [7, 11) is 1.72. The Labute approximate surface area is 133 Å². The molecule has 1 aliphatic rings. The highest BCUT2D eigenvalue weighted by Gasteiger charge is 2.25. The van der Waals surface area contributed by atoms with E-state index in [9.17, 15) is 4.79 Å². The second kappa shape index (κ2) is 9.59. The van der Waals surface area contributed by atoms with Crippen molar-refractivity contribution < 1.29 is 9.53 Å². The van der Waals surface area contributed by atoms with Gasteiger partial charge in [-0.15, -0.1) is 0 Å². The van der Waals surface area contributed by atoms with Gasteiger partial charge in [0.25, 0.3) is 0 Å². The quantitative estimate of drug-likeness (QED) is 0.750. The SMILES string of the molecule is COCCCCN(Cc1ccccc1)C(=O)C1CCCNC1. The molecule has 1 unspecified atom stereocenters. The molecule has 0 spiro atoms. The van der Waals surface area contributed by atoms with Crippen molar-refractivity contribution in [3.8, 4) is 0 Å². The van der Waals surface area contributed by atoms with Gasteiger partial charge >= 0.3 is 0 Å². The van der Waals surface area contributed by atoms with Crippen LogP contribution in [0.25, 0.3) is 0 Å². The molecule has 1 atom stereocenters. The van der Waals surface area contributed by atoms with E-state index in [4.69, 9.17) is 4.74 Å². The van der Waals surface area contributed by atoms with Crippen LogP contribution >= 0.6 is 0 Å². The van der Waals surface area contributed by atoms with Crippen molar-refractivity contribution in [3.05, 3.63) is 35.9 Å². The fourth-order valence-electron chi connectivity index (χ4n) is 2.94. The molecule has 2 rings (SSSR count). The van der Waals surface area contributed by atoms with Crippen molar-refractivity contribution in [2.45, 2.75) is 32.2 Å². The van der Waals surface area contributed by atoms with Gasteiger partial charge in [-0.3, -0.25) is 4.79 Å². The van der Waals surface area contributed by atoms with Gasteiger partial charge in [-0.1, -0.05) is 30.3 Å². The Morgan fingerprint density at radius 2 is 2.14 bits per heavy atom. The Balaban J connectivity index is 1.94. The zero-order valence-electron chi connectivity index (χ0n) is 13.6. The molecule has 4 nitrogen and oxygen atoms in total. The summed E-state index contributed by atoms with van der Waals surface area (Å²) in [6.07, 6.45) is 4.10. The van der Waals surface area contributed by atoms with Gasteiger partial charge in [0.2, 0.25) is 5.91 Å². The fourth-order valence-corrected chi connectivity index (χ4v) is 2.94. The van der Waals surface area contributed by atoms with Crippen molar-refractivity contribution in [2.75, 3.05) is 33.4 Å². The van der Waals surface area contributed by atoms with Crippen LogP contribution in [-0.2, 0) is 16.1 Å². The second-order valence-electron chi connectivity index (χ2n) is 5.99. The van der Waals surface area contributed by atoms with Crippen LogP contribution in [0.5, 0.6) is 0 Å². The lowest BCUT2D eigenvalue weighted by Crippen LogP contribution is -2.43. The summed E-state index contributed by atoms with van der Waals surface area (Å²) >= 11 is 0. The van der Waals surface area contributed by atoms with Gasteiger partial charge in [0, 0.05) is 33.4 Å². The lowest BCUT2D eigenvalue weighted by atomic mass is 9.97. The molecule has 0 aromatic heterocycles. The predicted octanol–water partition coefficient (Wildman–Crippen LogP) is 2.44. The molecule has 1 aromatic rings. The number of hydrogen-bond donors (Lipinski definition) is 1. The Bertz CT molecular complexity index is 430. The number of carbonyl (C=O) groups excluding carboxylic acids is 1. The van der Waals surface area contributed by atoms with Crippen molar-refractivity contribution in [2.24, 2.45) is 5.92 Å². The van der Waals surface area contributed by atoms with E-state index in [0.29, 0.717) is 12.5 Å². The summed E-state index contributed by atoms with van der Waals surface area (Å²) < 4.78 is 5.11. The number of methoxy groups -OCH3 is 1. The van der Waals surface area contributed by atoms with Crippen LogP contribution in [0, 0.1) is 5.92 Å². The Kier molecular flexibility index (Phi) is 7.40. The Morgan fingerprint density at radius 1 is 1.32 bits per heavy atom. The number of piperidine rings is 1. The summed E-state index contributed by atoms with van der Waals surface area (Å²) in [5, 5.41) is 3.34. The number of nitrogens with zero attached hydrogens (tertiary/aromatic N) is 1. The van der Waals surface area contributed by atoms with Gasteiger partial charge in [-0.2, -0.15) is 0 Å². The third-order valence-corrected chi connectivity index (χ3v) is 4.20. The number of unbranched alkanes of at least 4 members (excludes halogenated alkanes) is 1. The molecule has 0 saturated carbocycles. The topological polar surface area (TPSA) is 41.6 Å². The highest BCUT2D eigenvalue weighted by Crippen LogP contribution is 2.16. The average molecular weight is 304 g/mol. The largest absolute Gasteiger partial charge is 0.385 e. The van der Waals surface area contributed by atoms with Gasteiger partial charge in [0.15, 0.2) is 0 Å². The van der Waals surface area contributed by atoms with Gasteiger partial charge in [0.05, 0.1) is 5.92 Å². The fraction of sp³-hybridized carbons (Fsp3) is 0.611. The van der Waals surface area contributed by atoms with Crippen molar-refractivity contribution in [1.29, 1.82) is 0 Å². The minimum atomic E-state index is 0.139. The van der Waals surface area contributed by atoms with E-state index in [1.54, 1.807) is 7.11 Å². The molecule has 1 aliphatic heterocycles. The van der Waals surface area contributed by atoms with E-state index in [1.807, 2.05) is 23.1 Å². The molecule has 1 heterocycles. The summed E-state index contributed by atoms with van der Waals surface area (Å²) in [5.74, 6) is 0.438. The zero-order valence-corrected chi connectivity index (χ0v) is 13.6. The number of benzene rings is 1. The molecule has 0 bridgehead atoms. The molecule has 1 saturated heterocycles. The number of amides is 1. The molecule has 1 fully saturated rings. The van der Waals surface area contributed by atoms with E-state index in [1.165, 1.54) is 5.56 Å². The van der Waals surface area contributed by atoms with E-state index in [-0.39, 0.29) is 5.92 Å². The summed E-state index contributed by atoms with van der Waals surface area (Å²) in [6.45, 7) is 4.15. The normalized spacial score (nSPS) is 18.1. The number of hydrogen-bond acceptors (Lipinski definition) is 3.